The van der Waals surface area contributed by atoms with E-state index in [-0.39, 0.29) is 0 Å². The fourth-order valence-electron chi connectivity index (χ4n) is 3.29. The minimum atomic E-state index is 0.290. The summed E-state index contributed by atoms with van der Waals surface area (Å²) in [7, 11) is 0. The van der Waals surface area contributed by atoms with Crippen molar-refractivity contribution >= 4 is 0 Å². The average Bonchev–Trinajstić information content (AvgIpc) is 2.45. The van der Waals surface area contributed by atoms with Crippen LogP contribution in [0.2, 0.25) is 0 Å². The van der Waals surface area contributed by atoms with Crippen molar-refractivity contribution in [2.75, 3.05) is 26.3 Å². The van der Waals surface area contributed by atoms with E-state index in [1.54, 1.807) is 0 Å². The Kier molecular flexibility index (Phi) is 3.85. The lowest BCUT2D eigenvalue weighted by molar-refractivity contribution is 0.123. The first kappa shape index (κ1) is 13.7. The molecule has 3 unspecified atom stereocenters. The number of hydrogen-bond donors (Lipinski definition) is 1. The SMILES string of the molecule is CC1CC(N)CN(C(C)c2ccc3c(c2)OCCO3)C1. The van der Waals surface area contributed by atoms with Gasteiger partial charge in [-0.05, 0) is 37.0 Å². The standard InChI is InChI=1S/C16H24N2O2/c1-11-7-14(17)10-18(9-11)12(2)13-3-4-15-16(8-13)20-6-5-19-15/h3-4,8,11-12,14H,5-7,9-10,17H2,1-2H3. The minimum Gasteiger partial charge on any atom is -0.486 e. The molecule has 1 saturated heterocycles. The van der Waals surface area contributed by atoms with Crippen LogP contribution in [-0.4, -0.2) is 37.2 Å². The molecule has 0 aromatic heterocycles. The molecule has 4 nitrogen and oxygen atoms in total. The van der Waals surface area contributed by atoms with E-state index in [4.69, 9.17) is 15.2 Å². The first-order valence-electron chi connectivity index (χ1n) is 7.52. The van der Waals surface area contributed by atoms with E-state index in [0.29, 0.717) is 31.2 Å². The maximum absolute atomic E-state index is 6.16. The van der Waals surface area contributed by atoms with Crippen molar-refractivity contribution in [1.29, 1.82) is 0 Å². The van der Waals surface area contributed by atoms with Crippen molar-refractivity contribution in [1.82, 2.24) is 4.90 Å². The average molecular weight is 276 g/mol. The van der Waals surface area contributed by atoms with Crippen LogP contribution in [0.3, 0.4) is 0 Å². The highest BCUT2D eigenvalue weighted by Crippen LogP contribution is 2.34. The maximum Gasteiger partial charge on any atom is 0.161 e. The van der Waals surface area contributed by atoms with E-state index in [2.05, 4.69) is 30.9 Å². The zero-order valence-corrected chi connectivity index (χ0v) is 12.3. The lowest BCUT2D eigenvalue weighted by Gasteiger charge is -2.39. The molecule has 3 rings (SSSR count). The van der Waals surface area contributed by atoms with Gasteiger partial charge in [0.05, 0.1) is 0 Å². The molecule has 2 N–H and O–H groups in total. The number of rotatable bonds is 2. The number of piperidine rings is 1. The van der Waals surface area contributed by atoms with Crippen molar-refractivity contribution in [3.05, 3.63) is 23.8 Å². The fourth-order valence-corrected chi connectivity index (χ4v) is 3.29. The first-order chi connectivity index (χ1) is 9.63. The monoisotopic (exact) mass is 276 g/mol. The molecule has 20 heavy (non-hydrogen) atoms. The van der Waals surface area contributed by atoms with Crippen LogP contribution in [0.4, 0.5) is 0 Å². The van der Waals surface area contributed by atoms with Gasteiger partial charge >= 0.3 is 0 Å². The van der Waals surface area contributed by atoms with Crippen LogP contribution in [0.25, 0.3) is 0 Å². The Bertz CT molecular complexity index is 468. The van der Waals surface area contributed by atoms with Crippen molar-refractivity contribution in [3.8, 4) is 11.5 Å². The van der Waals surface area contributed by atoms with E-state index in [0.717, 1.165) is 31.0 Å². The van der Waals surface area contributed by atoms with Gasteiger partial charge in [-0.15, -0.1) is 0 Å². The summed E-state index contributed by atoms with van der Waals surface area (Å²) in [6.45, 7) is 7.89. The van der Waals surface area contributed by atoms with E-state index >= 15 is 0 Å². The quantitative estimate of drug-likeness (QED) is 0.899. The lowest BCUT2D eigenvalue weighted by Crippen LogP contribution is -2.47. The topological polar surface area (TPSA) is 47.7 Å². The number of nitrogens with zero attached hydrogens (tertiary/aromatic N) is 1. The van der Waals surface area contributed by atoms with E-state index in [9.17, 15) is 0 Å². The third kappa shape index (κ3) is 2.76. The second-order valence-electron chi connectivity index (χ2n) is 6.13. The van der Waals surface area contributed by atoms with Gasteiger partial charge in [0.2, 0.25) is 0 Å². The largest absolute Gasteiger partial charge is 0.486 e. The molecule has 2 aliphatic heterocycles. The molecule has 0 bridgehead atoms. The Balaban J connectivity index is 1.77. The zero-order valence-electron chi connectivity index (χ0n) is 12.3. The highest BCUT2D eigenvalue weighted by Gasteiger charge is 2.27. The minimum absolute atomic E-state index is 0.290. The van der Waals surface area contributed by atoms with Crippen LogP contribution in [0.1, 0.15) is 31.9 Å². The summed E-state index contributed by atoms with van der Waals surface area (Å²) in [4.78, 5) is 2.48. The predicted octanol–water partition coefficient (Wildman–Crippen LogP) is 2.19. The van der Waals surface area contributed by atoms with Crippen LogP contribution < -0.4 is 15.2 Å². The lowest BCUT2D eigenvalue weighted by atomic mass is 9.94. The molecule has 3 atom stereocenters. The van der Waals surface area contributed by atoms with Gasteiger partial charge in [-0.3, -0.25) is 4.90 Å². The highest BCUT2D eigenvalue weighted by molar-refractivity contribution is 5.44. The normalized spacial score (nSPS) is 28.1. The first-order valence-corrected chi connectivity index (χ1v) is 7.52. The number of hydrogen-bond acceptors (Lipinski definition) is 4. The number of fused-ring (bicyclic) bond motifs is 1. The van der Waals surface area contributed by atoms with Crippen molar-refractivity contribution < 1.29 is 9.47 Å². The summed E-state index contributed by atoms with van der Waals surface area (Å²) in [6, 6.07) is 6.93. The van der Waals surface area contributed by atoms with Crippen LogP contribution in [0.5, 0.6) is 11.5 Å². The molecule has 0 aliphatic carbocycles. The number of likely N-dealkylation sites (tertiary alicyclic amines) is 1. The summed E-state index contributed by atoms with van der Waals surface area (Å²) in [6.07, 6.45) is 1.13. The molecule has 1 aromatic carbocycles. The summed E-state index contributed by atoms with van der Waals surface area (Å²) in [5.74, 6) is 2.39. The highest BCUT2D eigenvalue weighted by atomic mass is 16.6. The van der Waals surface area contributed by atoms with E-state index in [1.165, 1.54) is 5.56 Å². The van der Waals surface area contributed by atoms with Gasteiger partial charge in [0.1, 0.15) is 13.2 Å². The van der Waals surface area contributed by atoms with E-state index < -0.39 is 0 Å². The Morgan fingerprint density at radius 3 is 2.70 bits per heavy atom. The number of benzene rings is 1. The maximum atomic E-state index is 6.16. The van der Waals surface area contributed by atoms with Crippen molar-refractivity contribution in [3.63, 3.8) is 0 Å². The summed E-state index contributed by atoms with van der Waals surface area (Å²) in [5, 5.41) is 0. The number of nitrogens with two attached hydrogens (primary N) is 1. The molecular formula is C16H24N2O2. The molecule has 1 aromatic rings. The fraction of sp³-hybridized carbons (Fsp3) is 0.625. The van der Waals surface area contributed by atoms with Crippen LogP contribution in [-0.2, 0) is 0 Å². The summed E-state index contributed by atoms with van der Waals surface area (Å²) >= 11 is 0. The van der Waals surface area contributed by atoms with Crippen molar-refractivity contribution in [2.45, 2.75) is 32.4 Å². The van der Waals surface area contributed by atoms with Gasteiger partial charge < -0.3 is 15.2 Å². The van der Waals surface area contributed by atoms with Gasteiger partial charge in [0.25, 0.3) is 0 Å². The van der Waals surface area contributed by atoms with Gasteiger partial charge in [0.15, 0.2) is 11.5 Å². The van der Waals surface area contributed by atoms with E-state index in [1.807, 2.05) is 6.07 Å². The molecule has 4 heteroatoms. The third-order valence-electron chi connectivity index (χ3n) is 4.32. The molecule has 0 saturated carbocycles. The smallest absolute Gasteiger partial charge is 0.161 e. The number of ether oxygens (including phenoxy) is 2. The summed E-state index contributed by atoms with van der Waals surface area (Å²) in [5.41, 5.74) is 7.43. The molecule has 2 heterocycles. The Morgan fingerprint density at radius 2 is 1.95 bits per heavy atom. The second kappa shape index (κ2) is 5.62. The van der Waals surface area contributed by atoms with Crippen molar-refractivity contribution in [2.24, 2.45) is 11.7 Å². The van der Waals surface area contributed by atoms with Crippen LogP contribution >= 0.6 is 0 Å². The molecule has 110 valence electrons. The molecule has 0 amide bonds. The Morgan fingerprint density at radius 1 is 1.20 bits per heavy atom. The Hall–Kier alpha value is -1.26. The van der Waals surface area contributed by atoms with Gasteiger partial charge in [-0.25, -0.2) is 0 Å². The molecule has 2 aliphatic rings. The van der Waals surface area contributed by atoms with Crippen LogP contribution in [0.15, 0.2) is 18.2 Å². The van der Waals surface area contributed by atoms with Gasteiger partial charge in [0, 0.05) is 25.2 Å². The molecule has 0 radical (unpaired) electrons. The third-order valence-corrected chi connectivity index (χ3v) is 4.32. The Labute approximate surface area is 120 Å². The molecule has 0 spiro atoms. The molecule has 1 fully saturated rings. The van der Waals surface area contributed by atoms with Crippen LogP contribution in [0, 0.1) is 5.92 Å². The molecular weight excluding hydrogens is 252 g/mol. The second-order valence-corrected chi connectivity index (χ2v) is 6.13. The summed E-state index contributed by atoms with van der Waals surface area (Å²) < 4.78 is 11.3. The van der Waals surface area contributed by atoms with Gasteiger partial charge in [-0.2, -0.15) is 0 Å². The predicted molar refractivity (Wildman–Crippen MR) is 79.2 cm³/mol. The zero-order chi connectivity index (χ0) is 14.1. The van der Waals surface area contributed by atoms with Gasteiger partial charge in [-0.1, -0.05) is 13.0 Å².